The molecule has 2 aromatic heterocycles. The molecule has 0 aromatic carbocycles. The van der Waals surface area contributed by atoms with Gasteiger partial charge in [0.1, 0.15) is 11.1 Å². The third-order valence-electron chi connectivity index (χ3n) is 5.51. The van der Waals surface area contributed by atoms with Crippen molar-refractivity contribution in [3.05, 3.63) is 12.2 Å². The first-order chi connectivity index (χ1) is 12.5. The van der Waals surface area contributed by atoms with Crippen LogP contribution >= 0.6 is 11.6 Å². The van der Waals surface area contributed by atoms with E-state index < -0.39 is 5.60 Å². The van der Waals surface area contributed by atoms with Crippen molar-refractivity contribution in [2.45, 2.75) is 77.5 Å². The maximum Gasteiger partial charge on any atom is 0.165 e. The molecule has 0 spiro atoms. The lowest BCUT2D eigenvalue weighted by Gasteiger charge is -2.34. The van der Waals surface area contributed by atoms with E-state index in [0.29, 0.717) is 43.1 Å². The van der Waals surface area contributed by atoms with E-state index >= 15 is 0 Å². The van der Waals surface area contributed by atoms with E-state index in [1.54, 1.807) is 6.33 Å². The summed E-state index contributed by atoms with van der Waals surface area (Å²) in [4.78, 5) is 14.0. The Labute approximate surface area is 160 Å². The quantitative estimate of drug-likeness (QED) is 0.709. The van der Waals surface area contributed by atoms with Crippen LogP contribution in [0.1, 0.15) is 65.1 Å². The molecule has 2 N–H and O–H groups in total. The number of halogens is 1. The Morgan fingerprint density at radius 2 is 2.15 bits per heavy atom. The molecule has 0 bridgehead atoms. The van der Waals surface area contributed by atoms with Gasteiger partial charge in [-0.15, -0.1) is 11.6 Å². The molecule has 0 unspecified atom stereocenters. The molecule has 0 radical (unpaired) electrons. The minimum absolute atomic E-state index is 0.319. The van der Waals surface area contributed by atoms with Crippen LogP contribution in [0.4, 0.5) is 5.82 Å². The summed E-state index contributed by atoms with van der Waals surface area (Å²) in [5, 5.41) is 14.8. The summed E-state index contributed by atoms with van der Waals surface area (Å²) in [5.74, 6) is 2.19. The molecule has 0 aliphatic heterocycles. The van der Waals surface area contributed by atoms with Crippen LogP contribution in [0.15, 0.2) is 6.33 Å². The highest BCUT2D eigenvalue weighted by molar-refractivity contribution is 6.17. The molecule has 1 saturated carbocycles. The molecular formula is C19H30ClN5O. The number of aryl methyl sites for hydroxylation is 1. The monoisotopic (exact) mass is 379 g/mol. The van der Waals surface area contributed by atoms with E-state index in [-0.39, 0.29) is 0 Å². The first kappa shape index (κ1) is 19.4. The fraction of sp³-hybridized carbons (Fsp3) is 0.737. The van der Waals surface area contributed by atoms with Crippen molar-refractivity contribution < 1.29 is 5.11 Å². The van der Waals surface area contributed by atoms with Crippen LogP contribution in [0.3, 0.4) is 0 Å². The molecule has 0 amide bonds. The number of aromatic nitrogens is 4. The van der Waals surface area contributed by atoms with Crippen LogP contribution < -0.4 is 5.32 Å². The number of fused-ring (bicyclic) bond motifs is 1. The number of alkyl halides is 1. The van der Waals surface area contributed by atoms with Crippen molar-refractivity contribution in [3.63, 3.8) is 0 Å². The van der Waals surface area contributed by atoms with Crippen LogP contribution in [0.25, 0.3) is 11.2 Å². The molecule has 7 heteroatoms. The summed E-state index contributed by atoms with van der Waals surface area (Å²) in [6.45, 7) is 7.13. The fourth-order valence-electron chi connectivity index (χ4n) is 3.92. The third-order valence-corrected chi connectivity index (χ3v) is 5.67. The lowest BCUT2D eigenvalue weighted by Crippen LogP contribution is -2.34. The second-order valence-electron chi connectivity index (χ2n) is 7.59. The van der Waals surface area contributed by atoms with Gasteiger partial charge in [0.15, 0.2) is 17.3 Å². The zero-order valence-corrected chi connectivity index (χ0v) is 16.8. The Hall–Kier alpha value is -1.40. The average Bonchev–Trinajstić information content (AvgIpc) is 3.03. The minimum atomic E-state index is -0.966. The van der Waals surface area contributed by atoms with Crippen molar-refractivity contribution >= 4 is 28.6 Å². The molecule has 0 saturated heterocycles. The number of rotatable bonds is 7. The maximum atomic E-state index is 11.3. The number of imidazole rings is 1. The van der Waals surface area contributed by atoms with Gasteiger partial charge in [0, 0.05) is 18.5 Å². The Morgan fingerprint density at radius 1 is 1.38 bits per heavy atom. The van der Waals surface area contributed by atoms with Crippen molar-refractivity contribution in [2.24, 2.45) is 5.92 Å². The first-order valence-electron chi connectivity index (χ1n) is 9.79. The Bertz CT molecular complexity index is 745. The predicted molar refractivity (Wildman–Crippen MR) is 106 cm³/mol. The molecule has 1 aliphatic carbocycles. The Kier molecular flexibility index (Phi) is 6.03. The van der Waals surface area contributed by atoms with Crippen LogP contribution in [0, 0.1) is 5.92 Å². The lowest BCUT2D eigenvalue weighted by molar-refractivity contribution is -0.0253. The predicted octanol–water partition coefficient (Wildman–Crippen LogP) is 4.06. The highest BCUT2D eigenvalue weighted by atomic mass is 35.5. The number of nitrogens with one attached hydrogen (secondary N) is 1. The normalized spacial score (nSPS) is 23.7. The topological polar surface area (TPSA) is 75.9 Å². The second kappa shape index (κ2) is 8.09. The molecule has 2 aromatic rings. The number of hydrogen-bond acceptors (Lipinski definition) is 5. The van der Waals surface area contributed by atoms with Gasteiger partial charge in [-0.25, -0.2) is 15.0 Å². The fourth-order valence-corrected chi connectivity index (χ4v) is 4.10. The van der Waals surface area contributed by atoms with Crippen LogP contribution in [-0.2, 0) is 12.1 Å². The zero-order chi connectivity index (χ0) is 18.7. The Balaban J connectivity index is 2.09. The van der Waals surface area contributed by atoms with Crippen molar-refractivity contribution in [3.8, 4) is 0 Å². The van der Waals surface area contributed by atoms with Gasteiger partial charge in [0.2, 0.25) is 0 Å². The van der Waals surface area contributed by atoms with Gasteiger partial charge >= 0.3 is 0 Å². The average molecular weight is 380 g/mol. The van der Waals surface area contributed by atoms with E-state index in [1.165, 1.54) is 0 Å². The van der Waals surface area contributed by atoms with Gasteiger partial charge in [0.25, 0.3) is 0 Å². The maximum absolute atomic E-state index is 11.3. The van der Waals surface area contributed by atoms with Crippen molar-refractivity contribution in [1.82, 2.24) is 19.5 Å². The molecule has 1 fully saturated rings. The minimum Gasteiger partial charge on any atom is -0.382 e. The molecule has 144 valence electrons. The van der Waals surface area contributed by atoms with E-state index in [0.717, 1.165) is 42.7 Å². The largest absolute Gasteiger partial charge is 0.382 e. The number of nitrogens with zero attached hydrogens (tertiary/aromatic N) is 4. The summed E-state index contributed by atoms with van der Waals surface area (Å²) >= 11 is 5.94. The van der Waals surface area contributed by atoms with Gasteiger partial charge in [-0.05, 0) is 38.0 Å². The van der Waals surface area contributed by atoms with Gasteiger partial charge in [-0.1, -0.05) is 27.2 Å². The molecule has 2 atom stereocenters. The van der Waals surface area contributed by atoms with Crippen molar-refractivity contribution in [1.29, 1.82) is 0 Å². The van der Waals surface area contributed by atoms with Crippen LogP contribution in [0.5, 0.6) is 0 Å². The summed E-state index contributed by atoms with van der Waals surface area (Å²) in [6.07, 6.45) is 7.31. The van der Waals surface area contributed by atoms with Gasteiger partial charge in [0.05, 0.1) is 6.33 Å². The second-order valence-corrected chi connectivity index (χ2v) is 7.96. The SMILES string of the molecule is CCC(CC)Nc1nc([C@]2(O)CCC[C@@H](C)C2)nc2c1ncn2CCCl. The summed E-state index contributed by atoms with van der Waals surface area (Å²) in [7, 11) is 0. The Morgan fingerprint density at radius 3 is 2.81 bits per heavy atom. The zero-order valence-electron chi connectivity index (χ0n) is 16.0. The van der Waals surface area contributed by atoms with Crippen molar-refractivity contribution in [2.75, 3.05) is 11.2 Å². The summed E-state index contributed by atoms with van der Waals surface area (Å²) < 4.78 is 1.95. The van der Waals surface area contributed by atoms with Crippen LogP contribution in [-0.4, -0.2) is 36.5 Å². The van der Waals surface area contributed by atoms with Gasteiger partial charge in [-0.3, -0.25) is 0 Å². The highest BCUT2D eigenvalue weighted by Crippen LogP contribution is 2.39. The molecule has 3 rings (SSSR count). The number of anilines is 1. The van der Waals surface area contributed by atoms with Gasteiger partial charge in [-0.2, -0.15) is 0 Å². The third kappa shape index (κ3) is 3.81. The number of aliphatic hydroxyl groups is 1. The lowest BCUT2D eigenvalue weighted by atomic mass is 9.78. The van der Waals surface area contributed by atoms with E-state index in [4.69, 9.17) is 21.6 Å². The molecule has 1 aliphatic rings. The van der Waals surface area contributed by atoms with Crippen LogP contribution in [0.2, 0.25) is 0 Å². The molecule has 6 nitrogen and oxygen atoms in total. The summed E-state index contributed by atoms with van der Waals surface area (Å²) in [5.41, 5.74) is 0.528. The molecule has 2 heterocycles. The van der Waals surface area contributed by atoms with E-state index in [1.807, 2.05) is 4.57 Å². The standard InChI is InChI=1S/C19H30ClN5O/c1-4-14(5-2)22-16-15-17(25(10-9-20)12-21-15)24-18(23-16)19(26)8-6-7-13(3)11-19/h12-14,26H,4-11H2,1-3H3,(H,22,23,24)/t13-,19+/m1/s1. The highest BCUT2D eigenvalue weighted by Gasteiger charge is 2.38. The van der Waals surface area contributed by atoms with E-state index in [2.05, 4.69) is 31.1 Å². The number of hydrogen-bond donors (Lipinski definition) is 2. The van der Waals surface area contributed by atoms with Gasteiger partial charge < -0.3 is 15.0 Å². The molecule has 26 heavy (non-hydrogen) atoms. The van der Waals surface area contributed by atoms with E-state index in [9.17, 15) is 5.11 Å². The summed E-state index contributed by atoms with van der Waals surface area (Å²) in [6, 6.07) is 0.319. The first-order valence-corrected chi connectivity index (χ1v) is 10.3. The smallest absolute Gasteiger partial charge is 0.165 e. The molecular weight excluding hydrogens is 350 g/mol.